The summed E-state index contributed by atoms with van der Waals surface area (Å²) in [6.45, 7) is 3.69. The molecule has 0 spiro atoms. The highest BCUT2D eigenvalue weighted by molar-refractivity contribution is 5.70. The smallest absolute Gasteiger partial charge is 0.309 e. The van der Waals surface area contributed by atoms with E-state index in [1.807, 2.05) is 31.2 Å². The van der Waals surface area contributed by atoms with Crippen LogP contribution in [0.25, 0.3) is 11.5 Å². The van der Waals surface area contributed by atoms with Gasteiger partial charge in [0.1, 0.15) is 5.76 Å². The number of carboxylic acid groups (broad SMARTS) is 1. The summed E-state index contributed by atoms with van der Waals surface area (Å²) in [6, 6.07) is 7.71. The number of oxazole rings is 1. The maximum atomic E-state index is 10.7. The van der Waals surface area contributed by atoms with Crippen LogP contribution >= 0.6 is 0 Å². The maximum Gasteiger partial charge on any atom is 0.309 e. The van der Waals surface area contributed by atoms with Gasteiger partial charge in [0.25, 0.3) is 0 Å². The standard InChI is InChI=1S/C13H13NO3/c1-8-5-3-4-6-10(8)13-14-11(7-12(15)16)9(2)17-13/h3-6H,7H2,1-2H3,(H,15,16). The van der Waals surface area contributed by atoms with Crippen molar-refractivity contribution in [1.29, 1.82) is 0 Å². The zero-order chi connectivity index (χ0) is 12.4. The van der Waals surface area contributed by atoms with E-state index in [9.17, 15) is 4.79 Å². The number of carboxylic acids is 1. The molecule has 0 aliphatic rings. The molecule has 4 heteroatoms. The third kappa shape index (κ3) is 2.36. The first-order valence-corrected chi connectivity index (χ1v) is 5.32. The Hall–Kier alpha value is -2.10. The zero-order valence-electron chi connectivity index (χ0n) is 9.73. The van der Waals surface area contributed by atoms with Crippen LogP contribution < -0.4 is 0 Å². The fourth-order valence-electron chi connectivity index (χ4n) is 1.66. The van der Waals surface area contributed by atoms with Crippen LogP contribution in [-0.4, -0.2) is 16.1 Å². The Labute approximate surface area is 98.9 Å². The van der Waals surface area contributed by atoms with Gasteiger partial charge < -0.3 is 9.52 Å². The molecule has 88 valence electrons. The Morgan fingerprint density at radius 1 is 1.35 bits per heavy atom. The minimum atomic E-state index is -0.905. The van der Waals surface area contributed by atoms with Crippen molar-refractivity contribution in [2.45, 2.75) is 20.3 Å². The van der Waals surface area contributed by atoms with Crippen LogP contribution in [0.15, 0.2) is 28.7 Å². The Morgan fingerprint density at radius 2 is 2.06 bits per heavy atom. The van der Waals surface area contributed by atoms with E-state index >= 15 is 0 Å². The second kappa shape index (κ2) is 4.41. The fourth-order valence-corrected chi connectivity index (χ4v) is 1.66. The molecule has 2 aromatic rings. The topological polar surface area (TPSA) is 63.3 Å². The van der Waals surface area contributed by atoms with Gasteiger partial charge in [-0.05, 0) is 25.5 Å². The number of carbonyl (C=O) groups is 1. The first-order valence-electron chi connectivity index (χ1n) is 5.32. The molecule has 17 heavy (non-hydrogen) atoms. The Morgan fingerprint density at radius 3 is 2.71 bits per heavy atom. The number of benzene rings is 1. The van der Waals surface area contributed by atoms with Gasteiger partial charge in [0.2, 0.25) is 5.89 Å². The second-order valence-corrected chi connectivity index (χ2v) is 3.91. The summed E-state index contributed by atoms with van der Waals surface area (Å²) >= 11 is 0. The van der Waals surface area contributed by atoms with Crippen LogP contribution in [0.1, 0.15) is 17.0 Å². The van der Waals surface area contributed by atoms with Crippen molar-refractivity contribution in [3.8, 4) is 11.5 Å². The molecule has 0 atom stereocenters. The Balaban J connectivity index is 2.41. The van der Waals surface area contributed by atoms with Gasteiger partial charge in [0.05, 0.1) is 12.1 Å². The van der Waals surface area contributed by atoms with Gasteiger partial charge in [-0.1, -0.05) is 18.2 Å². The third-order valence-corrected chi connectivity index (χ3v) is 2.59. The predicted octanol–water partition coefficient (Wildman–Crippen LogP) is 2.59. The Kier molecular flexibility index (Phi) is 2.95. The predicted molar refractivity (Wildman–Crippen MR) is 62.8 cm³/mol. The van der Waals surface area contributed by atoms with Gasteiger partial charge in [-0.25, -0.2) is 4.98 Å². The SMILES string of the molecule is Cc1ccccc1-c1nc(CC(=O)O)c(C)o1. The van der Waals surface area contributed by atoms with E-state index in [1.54, 1.807) is 6.92 Å². The molecule has 1 heterocycles. The lowest BCUT2D eigenvalue weighted by atomic mass is 10.1. The maximum absolute atomic E-state index is 10.7. The van der Waals surface area contributed by atoms with Crippen molar-refractivity contribution in [2.24, 2.45) is 0 Å². The van der Waals surface area contributed by atoms with Gasteiger partial charge in [-0.2, -0.15) is 0 Å². The normalized spacial score (nSPS) is 10.5. The monoisotopic (exact) mass is 231 g/mol. The number of aliphatic carboxylic acids is 1. The summed E-state index contributed by atoms with van der Waals surface area (Å²) in [5.74, 6) is 0.139. The third-order valence-electron chi connectivity index (χ3n) is 2.59. The quantitative estimate of drug-likeness (QED) is 0.881. The number of hydrogen-bond donors (Lipinski definition) is 1. The van der Waals surface area contributed by atoms with Crippen LogP contribution in [-0.2, 0) is 11.2 Å². The molecule has 0 aliphatic carbocycles. The molecular weight excluding hydrogens is 218 g/mol. The van der Waals surface area contributed by atoms with Gasteiger partial charge in [0, 0.05) is 5.56 Å². The van der Waals surface area contributed by atoms with Gasteiger partial charge in [-0.3, -0.25) is 4.79 Å². The largest absolute Gasteiger partial charge is 0.481 e. The van der Waals surface area contributed by atoms with Crippen LogP contribution in [0.2, 0.25) is 0 Å². The van der Waals surface area contributed by atoms with E-state index in [4.69, 9.17) is 9.52 Å². The van der Waals surface area contributed by atoms with Gasteiger partial charge in [-0.15, -0.1) is 0 Å². The number of nitrogens with zero attached hydrogens (tertiary/aromatic N) is 1. The Bertz CT molecular complexity index is 558. The van der Waals surface area contributed by atoms with E-state index in [0.717, 1.165) is 11.1 Å². The number of rotatable bonds is 3. The summed E-state index contributed by atoms with van der Waals surface area (Å²) in [6.07, 6.45) is -0.110. The van der Waals surface area contributed by atoms with Crippen LogP contribution in [0.5, 0.6) is 0 Å². The average molecular weight is 231 g/mol. The van der Waals surface area contributed by atoms with Crippen molar-refractivity contribution in [3.05, 3.63) is 41.3 Å². The number of aromatic nitrogens is 1. The van der Waals surface area contributed by atoms with Crippen molar-refractivity contribution in [1.82, 2.24) is 4.98 Å². The molecule has 2 rings (SSSR count). The molecule has 1 N–H and O–H groups in total. The summed E-state index contributed by atoms with van der Waals surface area (Å²) < 4.78 is 5.51. The molecule has 0 unspecified atom stereocenters. The summed E-state index contributed by atoms with van der Waals surface area (Å²) in [5.41, 5.74) is 2.43. The van der Waals surface area contributed by atoms with Crippen molar-refractivity contribution in [2.75, 3.05) is 0 Å². The lowest BCUT2D eigenvalue weighted by Gasteiger charge is -1.98. The zero-order valence-corrected chi connectivity index (χ0v) is 9.73. The molecule has 4 nitrogen and oxygen atoms in total. The van der Waals surface area contributed by atoms with Crippen LogP contribution in [0.4, 0.5) is 0 Å². The van der Waals surface area contributed by atoms with E-state index in [2.05, 4.69) is 4.98 Å². The molecular formula is C13H13NO3. The highest BCUT2D eigenvalue weighted by Gasteiger charge is 2.14. The van der Waals surface area contributed by atoms with Crippen LogP contribution in [0.3, 0.4) is 0 Å². The fraction of sp³-hybridized carbons (Fsp3) is 0.231. The van der Waals surface area contributed by atoms with Crippen molar-refractivity contribution >= 4 is 5.97 Å². The van der Waals surface area contributed by atoms with E-state index in [-0.39, 0.29) is 6.42 Å². The van der Waals surface area contributed by atoms with E-state index in [0.29, 0.717) is 17.3 Å². The molecule has 0 bridgehead atoms. The lowest BCUT2D eigenvalue weighted by Crippen LogP contribution is -2.01. The average Bonchev–Trinajstić information content (AvgIpc) is 2.60. The summed E-state index contributed by atoms with van der Waals surface area (Å²) in [4.78, 5) is 14.9. The molecule has 0 saturated heterocycles. The van der Waals surface area contributed by atoms with E-state index < -0.39 is 5.97 Å². The molecule has 1 aromatic carbocycles. The van der Waals surface area contributed by atoms with E-state index in [1.165, 1.54) is 0 Å². The molecule has 0 fully saturated rings. The minimum Gasteiger partial charge on any atom is -0.481 e. The molecule has 0 saturated carbocycles. The lowest BCUT2D eigenvalue weighted by molar-refractivity contribution is -0.136. The minimum absolute atomic E-state index is 0.110. The molecule has 0 radical (unpaired) electrons. The summed E-state index contributed by atoms with van der Waals surface area (Å²) in [7, 11) is 0. The van der Waals surface area contributed by atoms with Gasteiger partial charge >= 0.3 is 5.97 Å². The van der Waals surface area contributed by atoms with Crippen molar-refractivity contribution in [3.63, 3.8) is 0 Å². The molecule has 0 aliphatic heterocycles. The second-order valence-electron chi connectivity index (χ2n) is 3.91. The van der Waals surface area contributed by atoms with Crippen molar-refractivity contribution < 1.29 is 14.3 Å². The number of aryl methyl sites for hydroxylation is 2. The van der Waals surface area contributed by atoms with Gasteiger partial charge in [0.15, 0.2) is 0 Å². The number of hydrogen-bond acceptors (Lipinski definition) is 3. The molecule has 0 amide bonds. The highest BCUT2D eigenvalue weighted by atomic mass is 16.4. The van der Waals surface area contributed by atoms with Crippen LogP contribution in [0, 0.1) is 13.8 Å². The summed E-state index contributed by atoms with van der Waals surface area (Å²) in [5, 5.41) is 8.74. The first-order chi connectivity index (χ1) is 8.08. The highest BCUT2D eigenvalue weighted by Crippen LogP contribution is 2.24. The molecule has 1 aromatic heterocycles. The first kappa shape index (κ1) is 11.4.